The molecule has 174 valence electrons. The second-order valence-corrected chi connectivity index (χ2v) is 9.70. The lowest BCUT2D eigenvalue weighted by atomic mass is 9.95. The molecular weight excluding hydrogens is 440 g/mol. The van der Waals surface area contributed by atoms with Crippen molar-refractivity contribution in [1.82, 2.24) is 19.5 Å². The van der Waals surface area contributed by atoms with Crippen LogP contribution in [0.5, 0.6) is 5.88 Å². The van der Waals surface area contributed by atoms with E-state index in [-0.39, 0.29) is 17.8 Å². The predicted molar refractivity (Wildman–Crippen MR) is 128 cm³/mol. The largest absolute Gasteiger partial charge is 0.473 e. The Morgan fingerprint density at radius 3 is 2.52 bits per heavy atom. The van der Waals surface area contributed by atoms with Crippen LogP contribution >= 0.6 is 0 Å². The van der Waals surface area contributed by atoms with Gasteiger partial charge in [-0.2, -0.15) is 0 Å². The molecule has 33 heavy (non-hydrogen) atoms. The molecule has 0 aliphatic heterocycles. The molecule has 9 heteroatoms. The molecule has 1 saturated carbocycles. The first-order chi connectivity index (χ1) is 15.9. The highest BCUT2D eigenvalue weighted by Crippen LogP contribution is 2.39. The van der Waals surface area contributed by atoms with Crippen molar-refractivity contribution in [3.63, 3.8) is 0 Å². The van der Waals surface area contributed by atoms with E-state index in [0.717, 1.165) is 48.5 Å². The molecule has 4 rings (SSSR count). The topological polar surface area (TPSA) is 103 Å². The van der Waals surface area contributed by atoms with E-state index in [2.05, 4.69) is 9.71 Å². The number of nitrogens with one attached hydrogen (secondary N) is 1. The lowest BCUT2D eigenvalue weighted by Crippen LogP contribution is -2.26. The number of hydrogen-bond acceptors (Lipinski definition) is 6. The minimum absolute atomic E-state index is 0.0984. The molecule has 2 heterocycles. The third-order valence-corrected chi connectivity index (χ3v) is 6.20. The van der Waals surface area contributed by atoms with E-state index in [1.807, 2.05) is 30.7 Å². The number of ether oxygens (including phenoxy) is 1. The Kier molecular flexibility index (Phi) is 6.88. The van der Waals surface area contributed by atoms with Gasteiger partial charge in [0.2, 0.25) is 5.88 Å². The number of benzene rings is 1. The van der Waals surface area contributed by atoms with Crippen LogP contribution in [-0.4, -0.2) is 43.5 Å². The smallest absolute Gasteiger partial charge is 0.281 e. The molecule has 3 aromatic rings. The zero-order valence-corrected chi connectivity index (χ0v) is 19.9. The van der Waals surface area contributed by atoms with Gasteiger partial charge in [-0.3, -0.25) is 14.3 Å². The fourth-order valence-corrected chi connectivity index (χ4v) is 4.62. The highest BCUT2D eigenvalue weighted by molar-refractivity contribution is 7.82. The van der Waals surface area contributed by atoms with Crippen molar-refractivity contribution in [1.29, 1.82) is 0 Å². The van der Waals surface area contributed by atoms with E-state index < -0.39 is 16.9 Å². The number of rotatable bonds is 7. The van der Waals surface area contributed by atoms with Crippen molar-refractivity contribution >= 4 is 34.2 Å². The minimum Gasteiger partial charge on any atom is -0.473 e. The van der Waals surface area contributed by atoms with E-state index in [0.29, 0.717) is 17.1 Å². The zero-order chi connectivity index (χ0) is 23.5. The van der Waals surface area contributed by atoms with Gasteiger partial charge in [-0.05, 0) is 38.3 Å². The van der Waals surface area contributed by atoms with E-state index >= 15 is 0 Å². The predicted octanol–water partition coefficient (Wildman–Crippen LogP) is 4.23. The summed E-state index contributed by atoms with van der Waals surface area (Å²) in [4.78, 5) is 28.6. The number of hydrogen-bond donors (Lipinski definition) is 1. The summed E-state index contributed by atoms with van der Waals surface area (Å²) in [6, 6.07) is 8.95. The molecule has 8 nitrogen and oxygen atoms in total. The third-order valence-electron chi connectivity index (χ3n) is 5.72. The maximum absolute atomic E-state index is 12.8. The molecule has 1 aliphatic carbocycles. The highest BCUT2D eigenvalue weighted by Gasteiger charge is 2.26. The van der Waals surface area contributed by atoms with Crippen molar-refractivity contribution in [2.75, 3.05) is 6.26 Å². The van der Waals surface area contributed by atoms with Crippen LogP contribution in [0, 0.1) is 0 Å². The molecule has 1 aliphatic rings. The van der Waals surface area contributed by atoms with Crippen molar-refractivity contribution in [3.8, 4) is 17.0 Å². The van der Waals surface area contributed by atoms with Gasteiger partial charge in [0, 0.05) is 17.4 Å². The Labute approximate surface area is 195 Å². The standard InChI is InChI=1S/C24H28N4O4S/c1-15(2)32-24-21-19(17-11-9-16(14-29)10-12-17)13-20(23(30)27-33(3)31)25-22(21)28(26-24)18-7-5-4-6-8-18/h9-15,18H,4-8H2,1-3H3,(H,27,30). The average Bonchev–Trinajstić information content (AvgIpc) is 3.16. The normalized spacial score (nSPS) is 15.5. The Bertz CT molecular complexity index is 1200. The average molecular weight is 469 g/mol. The summed E-state index contributed by atoms with van der Waals surface area (Å²) in [7, 11) is -1.52. The molecule has 0 spiro atoms. The first kappa shape index (κ1) is 23.1. The maximum Gasteiger partial charge on any atom is 0.281 e. The zero-order valence-electron chi connectivity index (χ0n) is 19.0. The first-order valence-corrected chi connectivity index (χ1v) is 12.7. The summed E-state index contributed by atoms with van der Waals surface area (Å²) in [5, 5.41) is 5.54. The number of amides is 1. The molecular formula is C24H28N4O4S. The monoisotopic (exact) mass is 468 g/mol. The lowest BCUT2D eigenvalue weighted by Gasteiger charge is -2.22. The van der Waals surface area contributed by atoms with Crippen LogP contribution in [0.2, 0.25) is 0 Å². The van der Waals surface area contributed by atoms with Crippen LogP contribution in [0.15, 0.2) is 30.3 Å². The van der Waals surface area contributed by atoms with Crippen molar-refractivity contribution in [2.24, 2.45) is 0 Å². The second-order valence-electron chi connectivity index (χ2n) is 8.59. The number of carbonyl (C=O) groups excluding carboxylic acids is 2. The summed E-state index contributed by atoms with van der Waals surface area (Å²) in [6.07, 6.45) is 7.48. The molecule has 1 atom stereocenters. The Morgan fingerprint density at radius 2 is 1.91 bits per heavy atom. The van der Waals surface area contributed by atoms with Crippen LogP contribution in [-0.2, 0) is 11.0 Å². The summed E-state index contributed by atoms with van der Waals surface area (Å²) in [5.41, 5.74) is 2.81. The second kappa shape index (κ2) is 9.82. The van der Waals surface area contributed by atoms with Crippen molar-refractivity contribution < 1.29 is 18.5 Å². The quantitative estimate of drug-likeness (QED) is 0.521. The molecule has 0 saturated heterocycles. The van der Waals surface area contributed by atoms with Crippen LogP contribution in [0.3, 0.4) is 0 Å². The molecule has 0 bridgehead atoms. The van der Waals surface area contributed by atoms with E-state index in [4.69, 9.17) is 9.84 Å². The number of aldehydes is 1. The Morgan fingerprint density at radius 1 is 1.21 bits per heavy atom. The van der Waals surface area contributed by atoms with E-state index in [9.17, 15) is 13.8 Å². The van der Waals surface area contributed by atoms with Crippen LogP contribution < -0.4 is 9.46 Å². The molecule has 1 N–H and O–H groups in total. The fraction of sp³-hybridized carbons (Fsp3) is 0.417. The van der Waals surface area contributed by atoms with Crippen molar-refractivity contribution in [2.45, 2.75) is 58.1 Å². The number of carbonyl (C=O) groups is 2. The highest BCUT2D eigenvalue weighted by atomic mass is 32.2. The SMILES string of the molecule is CC(C)Oc1nn(C2CCCCC2)c2nc(C(=O)NS(C)=O)cc(-c3ccc(C=O)cc3)c12. The fourth-order valence-electron chi connectivity index (χ4n) is 4.26. The molecule has 2 aromatic heterocycles. The lowest BCUT2D eigenvalue weighted by molar-refractivity contribution is 0.0978. The first-order valence-electron chi connectivity index (χ1n) is 11.2. The number of fused-ring (bicyclic) bond motifs is 1. The van der Waals surface area contributed by atoms with Crippen LogP contribution in [0.4, 0.5) is 0 Å². The van der Waals surface area contributed by atoms with Crippen LogP contribution in [0.25, 0.3) is 22.2 Å². The van der Waals surface area contributed by atoms with E-state index in [1.165, 1.54) is 12.7 Å². The van der Waals surface area contributed by atoms with Gasteiger partial charge in [-0.15, -0.1) is 5.10 Å². The van der Waals surface area contributed by atoms with Gasteiger partial charge >= 0.3 is 0 Å². The number of aromatic nitrogens is 3. The minimum atomic E-state index is -1.52. The van der Waals surface area contributed by atoms with Gasteiger partial charge in [0.05, 0.1) is 17.5 Å². The summed E-state index contributed by atoms with van der Waals surface area (Å²) in [6.45, 7) is 3.88. The van der Waals surface area contributed by atoms with Crippen LogP contribution in [0.1, 0.15) is 72.8 Å². The summed E-state index contributed by atoms with van der Waals surface area (Å²) < 4.78 is 22.1. The van der Waals surface area contributed by atoms with Gasteiger partial charge in [0.1, 0.15) is 23.0 Å². The van der Waals surface area contributed by atoms with Gasteiger partial charge in [-0.1, -0.05) is 43.5 Å². The molecule has 0 radical (unpaired) electrons. The molecule has 1 aromatic carbocycles. The number of nitrogens with zero attached hydrogens (tertiary/aromatic N) is 3. The Hall–Kier alpha value is -3.07. The maximum atomic E-state index is 12.8. The van der Waals surface area contributed by atoms with Gasteiger partial charge in [-0.25, -0.2) is 13.9 Å². The van der Waals surface area contributed by atoms with Gasteiger partial charge in [0.15, 0.2) is 5.65 Å². The molecule has 1 fully saturated rings. The van der Waals surface area contributed by atoms with Gasteiger partial charge in [0.25, 0.3) is 5.91 Å². The molecule has 1 amide bonds. The van der Waals surface area contributed by atoms with Gasteiger partial charge < -0.3 is 4.74 Å². The number of pyridine rings is 1. The summed E-state index contributed by atoms with van der Waals surface area (Å²) in [5.74, 6) is -0.0511. The summed E-state index contributed by atoms with van der Waals surface area (Å²) >= 11 is 0. The third kappa shape index (κ3) is 4.98. The Balaban J connectivity index is 1.98. The molecule has 1 unspecified atom stereocenters. The van der Waals surface area contributed by atoms with Crippen molar-refractivity contribution in [3.05, 3.63) is 41.6 Å². The van der Waals surface area contributed by atoms with E-state index in [1.54, 1.807) is 18.2 Å².